The van der Waals surface area contributed by atoms with E-state index in [9.17, 15) is 4.79 Å². The number of amides is 2. The van der Waals surface area contributed by atoms with Crippen LogP contribution in [0.3, 0.4) is 0 Å². The third-order valence-electron chi connectivity index (χ3n) is 5.58. The highest BCUT2D eigenvalue weighted by Gasteiger charge is 2.10. The van der Waals surface area contributed by atoms with E-state index in [1.54, 1.807) is 6.21 Å². The van der Waals surface area contributed by atoms with E-state index in [4.69, 9.17) is 4.74 Å². The Morgan fingerprint density at radius 2 is 1.65 bits per heavy atom. The van der Waals surface area contributed by atoms with Crippen LogP contribution in [0.2, 0.25) is 0 Å². The molecule has 2 N–H and O–H groups in total. The number of rotatable bonds is 7. The molecule has 4 aromatic rings. The Morgan fingerprint density at radius 1 is 0.941 bits per heavy atom. The van der Waals surface area contributed by atoms with Crippen LogP contribution < -0.4 is 15.5 Å². The monoisotopic (exact) mass is 452 g/mol. The summed E-state index contributed by atoms with van der Waals surface area (Å²) in [4.78, 5) is 12.2. The minimum absolute atomic E-state index is 0.384. The van der Waals surface area contributed by atoms with Crippen molar-refractivity contribution in [2.75, 3.05) is 5.32 Å². The molecule has 0 bridgehead atoms. The minimum Gasteiger partial charge on any atom is -0.489 e. The summed E-state index contributed by atoms with van der Waals surface area (Å²) in [6.45, 7) is 6.55. The van der Waals surface area contributed by atoms with E-state index in [1.165, 1.54) is 0 Å². The van der Waals surface area contributed by atoms with Gasteiger partial charge in [0.1, 0.15) is 12.4 Å². The molecule has 172 valence electrons. The number of carbonyl (C=O) groups is 1. The van der Waals surface area contributed by atoms with Gasteiger partial charge in [-0.15, -0.1) is 0 Å². The van der Waals surface area contributed by atoms with Crippen LogP contribution in [-0.4, -0.2) is 16.8 Å². The quantitative estimate of drug-likeness (QED) is 0.261. The van der Waals surface area contributed by atoms with Gasteiger partial charge in [-0.05, 0) is 68.3 Å². The summed E-state index contributed by atoms with van der Waals surface area (Å²) in [5, 5.41) is 6.92. The van der Waals surface area contributed by atoms with Crippen LogP contribution in [0.1, 0.15) is 28.1 Å². The first kappa shape index (κ1) is 22.9. The fraction of sp³-hybridized carbons (Fsp3) is 0.143. The molecule has 34 heavy (non-hydrogen) atoms. The second-order valence-electron chi connectivity index (χ2n) is 8.07. The Balaban J connectivity index is 1.39. The van der Waals surface area contributed by atoms with Gasteiger partial charge in [-0.2, -0.15) is 5.10 Å². The molecule has 0 aliphatic carbocycles. The van der Waals surface area contributed by atoms with Gasteiger partial charge in [-0.25, -0.2) is 10.2 Å². The number of nitrogens with one attached hydrogen (secondary N) is 2. The molecule has 0 spiro atoms. The van der Waals surface area contributed by atoms with Crippen molar-refractivity contribution in [2.24, 2.45) is 5.10 Å². The average Bonchev–Trinajstić information content (AvgIpc) is 3.13. The molecule has 4 rings (SSSR count). The zero-order valence-electron chi connectivity index (χ0n) is 19.6. The zero-order valence-corrected chi connectivity index (χ0v) is 19.6. The third-order valence-corrected chi connectivity index (χ3v) is 5.58. The second kappa shape index (κ2) is 10.5. The first-order valence-electron chi connectivity index (χ1n) is 11.1. The number of aryl methyl sites for hydroxylation is 2. The molecule has 0 atom stereocenters. The maximum atomic E-state index is 12.2. The molecular weight excluding hydrogens is 424 g/mol. The van der Waals surface area contributed by atoms with Gasteiger partial charge in [-0.1, -0.05) is 48.5 Å². The van der Waals surface area contributed by atoms with E-state index < -0.39 is 0 Å². The standard InChI is InChI=1S/C28H28N4O2/c1-20-9-7-8-12-27(20)30-28(33)31-29-18-24-17-21(2)32(22(24)3)25-13-15-26(16-14-25)34-19-23-10-5-4-6-11-23/h4-18H,19H2,1-3H3,(H2,30,31,33). The Morgan fingerprint density at radius 3 is 2.38 bits per heavy atom. The highest BCUT2D eigenvalue weighted by atomic mass is 16.5. The molecule has 2 amide bonds. The van der Waals surface area contributed by atoms with Crippen molar-refractivity contribution in [3.63, 3.8) is 0 Å². The Kier molecular flexibility index (Phi) is 7.08. The number of aromatic nitrogens is 1. The molecule has 0 saturated carbocycles. The minimum atomic E-state index is -0.384. The fourth-order valence-electron chi connectivity index (χ4n) is 3.77. The molecule has 6 heteroatoms. The number of benzene rings is 3. The van der Waals surface area contributed by atoms with Crippen molar-refractivity contribution in [3.05, 3.63) is 113 Å². The van der Waals surface area contributed by atoms with Crippen molar-refractivity contribution in [1.82, 2.24) is 9.99 Å². The Labute approximate surface area is 199 Å². The summed E-state index contributed by atoms with van der Waals surface area (Å²) in [6, 6.07) is 27.4. The van der Waals surface area contributed by atoms with Crippen molar-refractivity contribution in [3.8, 4) is 11.4 Å². The van der Waals surface area contributed by atoms with E-state index >= 15 is 0 Å². The van der Waals surface area contributed by atoms with Gasteiger partial charge >= 0.3 is 6.03 Å². The van der Waals surface area contributed by atoms with Crippen LogP contribution in [0.25, 0.3) is 5.69 Å². The lowest BCUT2D eigenvalue weighted by Gasteiger charge is -2.11. The van der Waals surface area contributed by atoms with E-state index in [1.807, 2.05) is 106 Å². The van der Waals surface area contributed by atoms with Crippen LogP contribution in [0, 0.1) is 20.8 Å². The third kappa shape index (κ3) is 5.53. The summed E-state index contributed by atoms with van der Waals surface area (Å²) in [7, 11) is 0. The number of urea groups is 1. The number of nitrogens with zero attached hydrogens (tertiary/aromatic N) is 2. The summed E-state index contributed by atoms with van der Waals surface area (Å²) in [5.74, 6) is 0.820. The zero-order chi connectivity index (χ0) is 23.9. The van der Waals surface area contributed by atoms with Crippen molar-refractivity contribution >= 4 is 17.9 Å². The number of hydrogen-bond acceptors (Lipinski definition) is 3. The van der Waals surface area contributed by atoms with Crippen LogP contribution in [0.5, 0.6) is 5.75 Å². The van der Waals surface area contributed by atoms with Crippen molar-refractivity contribution < 1.29 is 9.53 Å². The highest BCUT2D eigenvalue weighted by molar-refractivity contribution is 5.91. The normalized spacial score (nSPS) is 10.9. The smallest absolute Gasteiger partial charge is 0.339 e. The van der Waals surface area contributed by atoms with Gasteiger partial charge in [-0.3, -0.25) is 0 Å². The molecule has 6 nitrogen and oxygen atoms in total. The largest absolute Gasteiger partial charge is 0.489 e. The highest BCUT2D eigenvalue weighted by Crippen LogP contribution is 2.22. The van der Waals surface area contributed by atoms with Gasteiger partial charge in [0.05, 0.1) is 6.21 Å². The predicted molar refractivity (Wildman–Crippen MR) is 137 cm³/mol. The van der Waals surface area contributed by atoms with Crippen LogP contribution in [-0.2, 0) is 6.61 Å². The summed E-state index contributed by atoms with van der Waals surface area (Å²) < 4.78 is 8.05. The van der Waals surface area contributed by atoms with Crippen LogP contribution >= 0.6 is 0 Å². The summed E-state index contributed by atoms with van der Waals surface area (Å²) >= 11 is 0. The van der Waals surface area contributed by atoms with Crippen LogP contribution in [0.15, 0.2) is 90.0 Å². The first-order valence-corrected chi connectivity index (χ1v) is 11.1. The lowest BCUT2D eigenvalue weighted by Crippen LogP contribution is -2.24. The molecule has 0 aliphatic heterocycles. The number of ether oxygens (including phenoxy) is 1. The molecule has 0 aliphatic rings. The topological polar surface area (TPSA) is 67.7 Å². The second-order valence-corrected chi connectivity index (χ2v) is 8.07. The number of carbonyl (C=O) groups excluding carboxylic acids is 1. The summed E-state index contributed by atoms with van der Waals surface area (Å²) in [5.41, 5.74) is 9.47. The lowest BCUT2D eigenvalue weighted by molar-refractivity contribution is 0.252. The van der Waals surface area contributed by atoms with E-state index in [-0.39, 0.29) is 6.03 Å². The summed E-state index contributed by atoms with van der Waals surface area (Å²) in [6.07, 6.45) is 1.66. The number of anilines is 1. The molecule has 1 heterocycles. The maximum absolute atomic E-state index is 12.2. The van der Waals surface area contributed by atoms with Gasteiger partial charge < -0.3 is 14.6 Å². The van der Waals surface area contributed by atoms with E-state index in [0.29, 0.717) is 6.61 Å². The predicted octanol–water partition coefficient (Wildman–Crippen LogP) is 6.14. The molecule has 3 aromatic carbocycles. The molecule has 0 fully saturated rings. The number of hydrazone groups is 1. The number of hydrogen-bond donors (Lipinski definition) is 2. The van der Waals surface area contributed by atoms with Crippen molar-refractivity contribution in [1.29, 1.82) is 0 Å². The Hall–Kier alpha value is -4.32. The molecule has 0 radical (unpaired) electrons. The van der Waals surface area contributed by atoms with Gasteiger partial charge in [0.25, 0.3) is 0 Å². The fourth-order valence-corrected chi connectivity index (χ4v) is 3.77. The maximum Gasteiger partial charge on any atom is 0.339 e. The van der Waals surface area contributed by atoms with Crippen LogP contribution in [0.4, 0.5) is 10.5 Å². The molecular formula is C28H28N4O2. The lowest BCUT2D eigenvalue weighted by atomic mass is 10.2. The number of para-hydroxylation sites is 1. The SMILES string of the molecule is Cc1ccccc1NC(=O)NN=Cc1cc(C)n(-c2ccc(OCc3ccccc3)cc2)c1C. The van der Waals surface area contributed by atoms with Gasteiger partial charge in [0, 0.05) is 28.3 Å². The molecule has 0 saturated heterocycles. The van der Waals surface area contributed by atoms with Gasteiger partial charge in [0.2, 0.25) is 0 Å². The average molecular weight is 453 g/mol. The van der Waals surface area contributed by atoms with Gasteiger partial charge in [0.15, 0.2) is 0 Å². The van der Waals surface area contributed by atoms with Crippen molar-refractivity contribution in [2.45, 2.75) is 27.4 Å². The van der Waals surface area contributed by atoms with E-state index in [0.717, 1.165) is 45.2 Å². The first-order chi connectivity index (χ1) is 16.5. The molecule has 1 aromatic heterocycles. The van der Waals surface area contributed by atoms with E-state index in [2.05, 4.69) is 20.4 Å². The Bertz CT molecular complexity index is 1290. The molecule has 0 unspecified atom stereocenters.